The van der Waals surface area contributed by atoms with Gasteiger partial charge < -0.3 is 10.2 Å². The van der Waals surface area contributed by atoms with Crippen LogP contribution in [0.4, 0.5) is 0 Å². The van der Waals surface area contributed by atoms with E-state index in [1.165, 1.54) is 5.57 Å². The van der Waals surface area contributed by atoms with Crippen molar-refractivity contribution < 1.29 is 10.2 Å². The summed E-state index contributed by atoms with van der Waals surface area (Å²) in [6.45, 7) is 0. The largest absolute Gasteiger partial charge is 0.393 e. The summed E-state index contributed by atoms with van der Waals surface area (Å²) in [4.78, 5) is 0. The van der Waals surface area contributed by atoms with Gasteiger partial charge in [0.05, 0.1) is 12.2 Å². The molecule has 0 radical (unpaired) electrons. The lowest BCUT2D eigenvalue weighted by atomic mass is 9.83. The Bertz CT molecular complexity index is 240. The monoisotopic (exact) mass is 166 g/mol. The van der Waals surface area contributed by atoms with E-state index in [0.717, 1.165) is 31.3 Å². The molecule has 2 atom stereocenters. The molecule has 0 spiro atoms. The summed E-state index contributed by atoms with van der Waals surface area (Å²) in [5.41, 5.74) is 2.50. The first-order chi connectivity index (χ1) is 5.75. The smallest absolute Gasteiger partial charge is 0.0761 e. The second kappa shape index (κ2) is 3.04. The first-order valence-electron chi connectivity index (χ1n) is 4.52. The predicted molar refractivity (Wildman–Crippen MR) is 46.6 cm³/mol. The lowest BCUT2D eigenvalue weighted by Crippen LogP contribution is -2.19. The fourth-order valence-electron chi connectivity index (χ4n) is 1.94. The SMILES string of the molecule is OC1C=C2CC(O)CCC2=CC1. The highest BCUT2D eigenvalue weighted by atomic mass is 16.3. The standard InChI is InChI=1S/C10H14O2/c11-9-3-1-7-2-4-10(12)6-8(7)5-9/h1,5,9-12H,2-4,6H2. The van der Waals surface area contributed by atoms with Gasteiger partial charge in [0.25, 0.3) is 0 Å². The van der Waals surface area contributed by atoms with Gasteiger partial charge >= 0.3 is 0 Å². The zero-order valence-corrected chi connectivity index (χ0v) is 7.03. The van der Waals surface area contributed by atoms with Gasteiger partial charge in [0.2, 0.25) is 0 Å². The van der Waals surface area contributed by atoms with Gasteiger partial charge in [-0.25, -0.2) is 0 Å². The second-order valence-corrected chi connectivity index (χ2v) is 3.62. The molecule has 2 aliphatic carbocycles. The van der Waals surface area contributed by atoms with E-state index >= 15 is 0 Å². The summed E-state index contributed by atoms with van der Waals surface area (Å²) < 4.78 is 0. The van der Waals surface area contributed by atoms with Crippen LogP contribution in [0.5, 0.6) is 0 Å². The van der Waals surface area contributed by atoms with Gasteiger partial charge in [-0.1, -0.05) is 12.2 Å². The Morgan fingerprint density at radius 1 is 1.25 bits per heavy atom. The first kappa shape index (κ1) is 8.02. The maximum absolute atomic E-state index is 9.38. The highest BCUT2D eigenvalue weighted by molar-refractivity contribution is 5.37. The maximum Gasteiger partial charge on any atom is 0.0761 e. The van der Waals surface area contributed by atoms with E-state index in [1.54, 1.807) is 0 Å². The molecule has 1 fully saturated rings. The number of aliphatic hydroxyl groups is 2. The Labute approximate surface area is 72.2 Å². The minimum absolute atomic E-state index is 0.196. The zero-order valence-electron chi connectivity index (χ0n) is 7.03. The predicted octanol–water partition coefficient (Wildman–Crippen LogP) is 1.15. The number of hydrogen-bond acceptors (Lipinski definition) is 2. The highest BCUT2D eigenvalue weighted by Crippen LogP contribution is 2.32. The Morgan fingerprint density at radius 3 is 2.92 bits per heavy atom. The molecule has 1 saturated carbocycles. The second-order valence-electron chi connectivity index (χ2n) is 3.62. The fourth-order valence-corrected chi connectivity index (χ4v) is 1.94. The van der Waals surface area contributed by atoms with E-state index in [0.29, 0.717) is 0 Å². The van der Waals surface area contributed by atoms with Crippen LogP contribution in [-0.2, 0) is 0 Å². The summed E-state index contributed by atoms with van der Waals surface area (Å²) >= 11 is 0. The number of allylic oxidation sites excluding steroid dienone is 1. The molecule has 0 bridgehead atoms. The summed E-state index contributed by atoms with van der Waals surface area (Å²) in [6.07, 6.45) is 6.79. The van der Waals surface area contributed by atoms with Gasteiger partial charge in [0.15, 0.2) is 0 Å². The maximum atomic E-state index is 9.38. The zero-order chi connectivity index (χ0) is 8.55. The molecule has 0 aromatic rings. The van der Waals surface area contributed by atoms with Crippen LogP contribution in [0.1, 0.15) is 25.7 Å². The summed E-state index contributed by atoms with van der Waals surface area (Å²) in [7, 11) is 0. The molecular formula is C10H14O2. The van der Waals surface area contributed by atoms with Crippen molar-refractivity contribution in [2.75, 3.05) is 0 Å². The first-order valence-corrected chi connectivity index (χ1v) is 4.52. The Balaban J connectivity index is 2.18. The van der Waals surface area contributed by atoms with Crippen molar-refractivity contribution in [3.05, 3.63) is 23.3 Å². The molecule has 2 aliphatic rings. The van der Waals surface area contributed by atoms with Crippen molar-refractivity contribution >= 4 is 0 Å². The lowest BCUT2D eigenvalue weighted by Gasteiger charge is -2.26. The van der Waals surface area contributed by atoms with Crippen LogP contribution in [0.25, 0.3) is 0 Å². The molecule has 2 rings (SSSR count). The van der Waals surface area contributed by atoms with Crippen molar-refractivity contribution in [1.82, 2.24) is 0 Å². The average molecular weight is 166 g/mol. The number of aliphatic hydroxyl groups excluding tert-OH is 2. The third-order valence-electron chi connectivity index (χ3n) is 2.61. The van der Waals surface area contributed by atoms with Crippen molar-refractivity contribution in [2.24, 2.45) is 0 Å². The van der Waals surface area contributed by atoms with E-state index in [9.17, 15) is 10.2 Å². The van der Waals surface area contributed by atoms with Crippen LogP contribution in [-0.4, -0.2) is 22.4 Å². The van der Waals surface area contributed by atoms with Crippen LogP contribution < -0.4 is 0 Å². The van der Waals surface area contributed by atoms with Gasteiger partial charge in [0, 0.05) is 0 Å². The molecule has 0 saturated heterocycles. The number of fused-ring (bicyclic) bond motifs is 1. The quantitative estimate of drug-likeness (QED) is 0.566. The molecule has 66 valence electrons. The van der Waals surface area contributed by atoms with Gasteiger partial charge in [0.1, 0.15) is 0 Å². The van der Waals surface area contributed by atoms with Crippen molar-refractivity contribution in [1.29, 1.82) is 0 Å². The van der Waals surface area contributed by atoms with Crippen LogP contribution >= 0.6 is 0 Å². The third kappa shape index (κ3) is 1.45. The van der Waals surface area contributed by atoms with E-state index in [2.05, 4.69) is 6.08 Å². The highest BCUT2D eigenvalue weighted by Gasteiger charge is 2.21. The van der Waals surface area contributed by atoms with E-state index in [1.807, 2.05) is 6.08 Å². The summed E-state index contributed by atoms with van der Waals surface area (Å²) in [5.74, 6) is 0. The van der Waals surface area contributed by atoms with Gasteiger partial charge in [-0.05, 0) is 36.8 Å². The fraction of sp³-hybridized carbons (Fsp3) is 0.600. The average Bonchev–Trinajstić information content (AvgIpc) is 2.03. The normalized spacial score (nSPS) is 35.2. The topological polar surface area (TPSA) is 40.5 Å². The Kier molecular flexibility index (Phi) is 2.03. The Hall–Kier alpha value is -0.600. The number of hydrogen-bond donors (Lipinski definition) is 2. The van der Waals surface area contributed by atoms with E-state index in [-0.39, 0.29) is 12.2 Å². The van der Waals surface area contributed by atoms with E-state index in [4.69, 9.17) is 0 Å². The van der Waals surface area contributed by atoms with Gasteiger partial charge in [-0.15, -0.1) is 0 Å². The summed E-state index contributed by atoms with van der Waals surface area (Å²) in [6, 6.07) is 0. The molecule has 0 aromatic carbocycles. The molecule has 0 amide bonds. The molecule has 2 nitrogen and oxygen atoms in total. The molecule has 0 heterocycles. The molecular weight excluding hydrogens is 152 g/mol. The molecule has 2 N–H and O–H groups in total. The van der Waals surface area contributed by atoms with E-state index < -0.39 is 0 Å². The van der Waals surface area contributed by atoms with Crippen molar-refractivity contribution in [2.45, 2.75) is 37.9 Å². The van der Waals surface area contributed by atoms with Gasteiger partial charge in [-0.3, -0.25) is 0 Å². The minimum atomic E-state index is -0.325. The van der Waals surface area contributed by atoms with Crippen LogP contribution in [0, 0.1) is 0 Å². The molecule has 0 aliphatic heterocycles. The van der Waals surface area contributed by atoms with Crippen molar-refractivity contribution in [3.8, 4) is 0 Å². The molecule has 2 heteroatoms. The van der Waals surface area contributed by atoms with Crippen LogP contribution in [0.3, 0.4) is 0 Å². The summed E-state index contributed by atoms with van der Waals surface area (Å²) in [5, 5.41) is 18.7. The van der Waals surface area contributed by atoms with Crippen LogP contribution in [0.15, 0.2) is 23.3 Å². The van der Waals surface area contributed by atoms with Crippen LogP contribution in [0.2, 0.25) is 0 Å². The minimum Gasteiger partial charge on any atom is -0.393 e. The third-order valence-corrected chi connectivity index (χ3v) is 2.61. The van der Waals surface area contributed by atoms with Crippen molar-refractivity contribution in [3.63, 3.8) is 0 Å². The molecule has 0 aromatic heterocycles. The van der Waals surface area contributed by atoms with Gasteiger partial charge in [-0.2, -0.15) is 0 Å². The molecule has 12 heavy (non-hydrogen) atoms. The lowest BCUT2D eigenvalue weighted by molar-refractivity contribution is 0.155. The number of rotatable bonds is 0. The Morgan fingerprint density at radius 2 is 2.08 bits per heavy atom. The molecule has 2 unspecified atom stereocenters.